The minimum Gasteiger partial charge on any atom is -0.315 e. The third-order valence-electron chi connectivity index (χ3n) is 4.86. The van der Waals surface area contributed by atoms with Crippen molar-refractivity contribution in [3.05, 3.63) is 81.4 Å². The summed E-state index contributed by atoms with van der Waals surface area (Å²) in [5.41, 5.74) is -0.386. The predicted octanol–water partition coefficient (Wildman–Crippen LogP) is 4.28. The number of hydrogen-bond donors (Lipinski definition) is 2. The average molecular weight is 479 g/mol. The molecular formula is C22H12F3N7OS. The molecule has 0 bridgehead atoms. The van der Waals surface area contributed by atoms with Crippen LogP contribution in [0.15, 0.2) is 58.4 Å². The van der Waals surface area contributed by atoms with Crippen molar-refractivity contribution in [1.29, 1.82) is 10.5 Å². The zero-order valence-corrected chi connectivity index (χ0v) is 17.8. The van der Waals surface area contributed by atoms with Gasteiger partial charge >= 0.3 is 6.18 Å². The van der Waals surface area contributed by atoms with Crippen molar-refractivity contribution in [2.75, 3.05) is 0 Å². The second-order valence-electron chi connectivity index (χ2n) is 6.87. The third kappa shape index (κ3) is 4.40. The highest BCUT2D eigenvalue weighted by molar-refractivity contribution is 7.98. The lowest BCUT2D eigenvalue weighted by atomic mass is 9.90. The first-order chi connectivity index (χ1) is 16.3. The Hall–Kier alpha value is -4.42. The molecule has 34 heavy (non-hydrogen) atoms. The SMILES string of the molecule is N#Cc1c(SCc2nn[nH]n2)[nH]c(=O)c(C#N)c1-c1ccccc1-c1ccc(C(F)(F)F)cc1. The molecule has 0 saturated heterocycles. The zero-order valence-electron chi connectivity index (χ0n) is 17.0. The van der Waals surface area contributed by atoms with Crippen molar-refractivity contribution in [2.45, 2.75) is 17.0 Å². The van der Waals surface area contributed by atoms with Gasteiger partial charge in [0.05, 0.1) is 21.9 Å². The minimum atomic E-state index is -4.49. The number of hydrogen-bond acceptors (Lipinski definition) is 7. The third-order valence-corrected chi connectivity index (χ3v) is 5.86. The molecule has 0 spiro atoms. The van der Waals surface area contributed by atoms with Crippen LogP contribution >= 0.6 is 11.8 Å². The number of alkyl halides is 3. The van der Waals surface area contributed by atoms with Gasteiger partial charge in [-0.05, 0) is 28.8 Å². The maximum Gasteiger partial charge on any atom is 0.416 e. The van der Waals surface area contributed by atoms with Gasteiger partial charge in [-0.25, -0.2) is 0 Å². The van der Waals surface area contributed by atoms with Gasteiger partial charge in [0.1, 0.15) is 17.7 Å². The second-order valence-corrected chi connectivity index (χ2v) is 7.85. The molecule has 8 nitrogen and oxygen atoms in total. The molecule has 0 amide bonds. The number of nitrogens with zero attached hydrogens (tertiary/aromatic N) is 5. The molecule has 2 aromatic heterocycles. The maximum absolute atomic E-state index is 13.0. The lowest BCUT2D eigenvalue weighted by Gasteiger charge is -2.15. The topological polar surface area (TPSA) is 135 Å². The van der Waals surface area contributed by atoms with E-state index in [1.165, 1.54) is 12.1 Å². The Morgan fingerprint density at radius 3 is 2.24 bits per heavy atom. The molecule has 2 heterocycles. The number of H-pyrrole nitrogens is 2. The quantitative estimate of drug-likeness (QED) is 0.408. The molecule has 4 aromatic rings. The fourth-order valence-corrected chi connectivity index (χ4v) is 4.20. The largest absolute Gasteiger partial charge is 0.416 e. The number of rotatable bonds is 5. The number of thioether (sulfide) groups is 1. The molecule has 0 aliphatic heterocycles. The van der Waals surface area contributed by atoms with Crippen molar-refractivity contribution in [3.63, 3.8) is 0 Å². The van der Waals surface area contributed by atoms with Crippen LogP contribution in [-0.4, -0.2) is 25.6 Å². The van der Waals surface area contributed by atoms with Crippen LogP contribution in [0, 0.1) is 22.7 Å². The van der Waals surface area contributed by atoms with Gasteiger partial charge in [-0.15, -0.1) is 10.2 Å². The number of pyridine rings is 1. The van der Waals surface area contributed by atoms with E-state index in [1.54, 1.807) is 24.3 Å². The van der Waals surface area contributed by atoms with E-state index in [9.17, 15) is 28.5 Å². The van der Waals surface area contributed by atoms with Gasteiger partial charge in [0.2, 0.25) is 0 Å². The van der Waals surface area contributed by atoms with Crippen LogP contribution in [0.1, 0.15) is 22.5 Å². The highest BCUT2D eigenvalue weighted by atomic mass is 32.2. The van der Waals surface area contributed by atoms with Crippen molar-refractivity contribution >= 4 is 11.8 Å². The summed E-state index contributed by atoms with van der Waals surface area (Å²) in [5, 5.41) is 33.3. The molecule has 4 rings (SSSR count). The first kappa shape index (κ1) is 22.8. The first-order valence-electron chi connectivity index (χ1n) is 9.56. The number of benzene rings is 2. The lowest BCUT2D eigenvalue weighted by Crippen LogP contribution is -2.15. The van der Waals surface area contributed by atoms with Crippen LogP contribution in [0.3, 0.4) is 0 Å². The Morgan fingerprint density at radius 2 is 1.65 bits per heavy atom. The summed E-state index contributed by atoms with van der Waals surface area (Å²) in [6, 6.07) is 15.0. The maximum atomic E-state index is 13.0. The van der Waals surface area contributed by atoms with Gasteiger partial charge in [0, 0.05) is 5.56 Å². The van der Waals surface area contributed by atoms with Crippen LogP contribution in [0.4, 0.5) is 13.2 Å². The molecular weight excluding hydrogens is 467 g/mol. The number of aromatic amines is 2. The number of halogens is 3. The number of tetrazole rings is 1. The standard InChI is InChI=1S/C22H12F3N7OS/c23-22(24,25)13-7-5-12(6-8-13)14-3-1-2-4-15(14)19-16(9-26)20(33)28-21(17(19)10-27)34-11-18-29-31-32-30-18/h1-8H,11H2,(H,28,33)(H,29,30,31,32). The molecule has 0 unspecified atom stereocenters. The van der Waals surface area contributed by atoms with Crippen LogP contribution in [0.25, 0.3) is 22.3 Å². The molecule has 0 radical (unpaired) electrons. The van der Waals surface area contributed by atoms with Crippen molar-refractivity contribution < 1.29 is 13.2 Å². The van der Waals surface area contributed by atoms with Gasteiger partial charge in [-0.2, -0.15) is 28.9 Å². The molecule has 2 N–H and O–H groups in total. The molecule has 168 valence electrons. The molecule has 12 heteroatoms. The second kappa shape index (κ2) is 9.21. The first-order valence-corrected chi connectivity index (χ1v) is 10.5. The zero-order chi connectivity index (χ0) is 24.3. The van der Waals surface area contributed by atoms with E-state index in [4.69, 9.17) is 0 Å². The average Bonchev–Trinajstić information content (AvgIpc) is 3.35. The van der Waals surface area contributed by atoms with E-state index < -0.39 is 17.3 Å². The van der Waals surface area contributed by atoms with Crippen molar-refractivity contribution in [1.82, 2.24) is 25.6 Å². The summed E-state index contributed by atoms with van der Waals surface area (Å²) in [6.07, 6.45) is -4.49. The van der Waals surface area contributed by atoms with E-state index in [2.05, 4.69) is 25.6 Å². The summed E-state index contributed by atoms with van der Waals surface area (Å²) in [7, 11) is 0. The molecule has 0 saturated carbocycles. The van der Waals surface area contributed by atoms with E-state index >= 15 is 0 Å². The van der Waals surface area contributed by atoms with Gasteiger partial charge in [-0.1, -0.05) is 53.4 Å². The van der Waals surface area contributed by atoms with Crippen LogP contribution in [0.5, 0.6) is 0 Å². The van der Waals surface area contributed by atoms with E-state index in [-0.39, 0.29) is 27.5 Å². The highest BCUT2D eigenvalue weighted by Gasteiger charge is 2.30. The summed E-state index contributed by atoms with van der Waals surface area (Å²) < 4.78 is 39.0. The van der Waals surface area contributed by atoms with Gasteiger partial charge in [0.15, 0.2) is 5.82 Å². The van der Waals surface area contributed by atoms with Gasteiger partial charge in [0.25, 0.3) is 5.56 Å². The highest BCUT2D eigenvalue weighted by Crippen LogP contribution is 2.39. The number of nitriles is 2. The van der Waals surface area contributed by atoms with Crippen LogP contribution in [0.2, 0.25) is 0 Å². The molecule has 0 atom stereocenters. The number of nitrogens with one attached hydrogen (secondary N) is 2. The Kier molecular flexibility index (Phi) is 6.17. The summed E-state index contributed by atoms with van der Waals surface area (Å²) in [6.45, 7) is 0. The predicted molar refractivity (Wildman–Crippen MR) is 116 cm³/mol. The van der Waals surface area contributed by atoms with E-state index in [1.807, 2.05) is 12.1 Å². The Labute approximate surface area is 194 Å². The fraction of sp³-hybridized carbons (Fsp3) is 0.0909. The lowest BCUT2D eigenvalue weighted by molar-refractivity contribution is -0.137. The Balaban J connectivity index is 1.89. The molecule has 0 aliphatic rings. The summed E-state index contributed by atoms with van der Waals surface area (Å²) in [5.74, 6) is 0.526. The Bertz CT molecular complexity index is 1480. The summed E-state index contributed by atoms with van der Waals surface area (Å²) in [4.78, 5) is 15.3. The molecule has 0 fully saturated rings. The fourth-order valence-electron chi connectivity index (χ4n) is 3.34. The molecule has 0 aliphatic carbocycles. The van der Waals surface area contributed by atoms with Gasteiger partial charge in [-0.3, -0.25) is 4.79 Å². The number of aromatic nitrogens is 5. The molecule has 2 aromatic carbocycles. The minimum absolute atomic E-state index is 0.0454. The monoisotopic (exact) mass is 479 g/mol. The van der Waals surface area contributed by atoms with Crippen molar-refractivity contribution in [2.24, 2.45) is 0 Å². The Morgan fingerprint density at radius 1 is 0.971 bits per heavy atom. The smallest absolute Gasteiger partial charge is 0.315 e. The van der Waals surface area contributed by atoms with Crippen molar-refractivity contribution in [3.8, 4) is 34.4 Å². The van der Waals surface area contributed by atoms with Crippen LogP contribution in [-0.2, 0) is 11.9 Å². The normalized spacial score (nSPS) is 11.1. The van der Waals surface area contributed by atoms with E-state index in [0.717, 1.165) is 23.9 Å². The van der Waals surface area contributed by atoms with Gasteiger partial charge < -0.3 is 4.98 Å². The van der Waals surface area contributed by atoms with Crippen LogP contribution < -0.4 is 5.56 Å². The summed E-state index contributed by atoms with van der Waals surface area (Å²) >= 11 is 1.08. The van der Waals surface area contributed by atoms with E-state index in [0.29, 0.717) is 22.5 Å².